The van der Waals surface area contributed by atoms with Gasteiger partial charge in [0, 0.05) is 24.1 Å². The fraction of sp³-hybridized carbons (Fsp3) is 0.632. The maximum absolute atomic E-state index is 12.6. The summed E-state index contributed by atoms with van der Waals surface area (Å²) in [6.45, 7) is 6.04. The molecule has 0 bridgehead atoms. The third-order valence-corrected chi connectivity index (χ3v) is 5.88. The van der Waals surface area contributed by atoms with Crippen LogP contribution in [0, 0.1) is 13.8 Å². The van der Waals surface area contributed by atoms with Gasteiger partial charge in [0.15, 0.2) is 0 Å². The summed E-state index contributed by atoms with van der Waals surface area (Å²) in [6, 6.07) is 4.18. The minimum absolute atomic E-state index is 0.00346. The number of morpholine rings is 1. The molecule has 3 aliphatic rings. The Morgan fingerprint density at radius 2 is 2.17 bits per heavy atom. The normalized spacial score (nSPS) is 27.8. The van der Waals surface area contributed by atoms with Crippen LogP contribution in [0.2, 0.25) is 0 Å². The van der Waals surface area contributed by atoms with Crippen molar-refractivity contribution in [3.05, 3.63) is 28.8 Å². The molecule has 130 valence electrons. The van der Waals surface area contributed by atoms with Gasteiger partial charge in [0.1, 0.15) is 11.9 Å². The number of carbonyl (C=O) groups excluding carboxylic acids is 1. The molecule has 1 aromatic carbocycles. The lowest BCUT2D eigenvalue weighted by Gasteiger charge is -2.47. The van der Waals surface area contributed by atoms with Crippen molar-refractivity contribution in [2.24, 2.45) is 0 Å². The van der Waals surface area contributed by atoms with E-state index in [0.717, 1.165) is 36.1 Å². The molecular weight excluding hydrogens is 304 g/mol. The molecule has 4 rings (SSSR count). The second kappa shape index (κ2) is 6.05. The molecule has 1 spiro atoms. The summed E-state index contributed by atoms with van der Waals surface area (Å²) in [5, 5.41) is 6.70. The molecule has 0 radical (unpaired) electrons. The van der Waals surface area contributed by atoms with E-state index in [1.165, 1.54) is 12.0 Å². The van der Waals surface area contributed by atoms with E-state index in [-0.39, 0.29) is 17.5 Å². The molecule has 2 fully saturated rings. The molecule has 1 aromatic rings. The maximum Gasteiger partial charge on any atom is 0.250 e. The number of fused-ring (bicyclic) bond motifs is 1. The van der Waals surface area contributed by atoms with Crippen LogP contribution in [-0.2, 0) is 9.53 Å². The molecular formula is C19H26N2O3. The summed E-state index contributed by atoms with van der Waals surface area (Å²) in [5.41, 5.74) is 3.61. The first-order valence-corrected chi connectivity index (χ1v) is 8.98. The second-order valence-corrected chi connectivity index (χ2v) is 7.44. The summed E-state index contributed by atoms with van der Waals surface area (Å²) >= 11 is 0. The zero-order chi connectivity index (χ0) is 16.7. The van der Waals surface area contributed by atoms with Gasteiger partial charge in [-0.2, -0.15) is 0 Å². The van der Waals surface area contributed by atoms with E-state index >= 15 is 0 Å². The molecule has 0 aromatic heterocycles. The van der Waals surface area contributed by atoms with E-state index in [4.69, 9.17) is 9.47 Å². The van der Waals surface area contributed by atoms with Crippen LogP contribution >= 0.6 is 0 Å². The lowest BCUT2D eigenvalue weighted by Crippen LogP contribution is -2.63. The van der Waals surface area contributed by atoms with Gasteiger partial charge < -0.3 is 20.1 Å². The molecule has 1 saturated heterocycles. The number of nitrogens with one attached hydrogen (secondary N) is 2. The van der Waals surface area contributed by atoms with E-state index in [0.29, 0.717) is 19.8 Å². The van der Waals surface area contributed by atoms with Gasteiger partial charge in [-0.05, 0) is 44.2 Å². The molecule has 1 aliphatic carbocycles. The van der Waals surface area contributed by atoms with Crippen LogP contribution in [0.3, 0.4) is 0 Å². The smallest absolute Gasteiger partial charge is 0.250 e. The average molecular weight is 330 g/mol. The van der Waals surface area contributed by atoms with Crippen molar-refractivity contribution < 1.29 is 14.3 Å². The highest BCUT2D eigenvalue weighted by Gasteiger charge is 2.42. The maximum atomic E-state index is 12.6. The van der Waals surface area contributed by atoms with Crippen LogP contribution in [0.1, 0.15) is 48.4 Å². The van der Waals surface area contributed by atoms with Crippen molar-refractivity contribution in [2.45, 2.75) is 57.2 Å². The number of amides is 1. The van der Waals surface area contributed by atoms with Crippen LogP contribution in [0.15, 0.2) is 12.1 Å². The fourth-order valence-corrected chi connectivity index (χ4v) is 3.90. The molecule has 5 nitrogen and oxygen atoms in total. The summed E-state index contributed by atoms with van der Waals surface area (Å²) in [5.74, 6) is 0.912. The average Bonchev–Trinajstić information content (AvgIpc) is 2.57. The van der Waals surface area contributed by atoms with Crippen LogP contribution in [0.4, 0.5) is 0 Å². The molecule has 5 heteroatoms. The predicted octanol–water partition coefficient (Wildman–Crippen LogP) is 2.15. The van der Waals surface area contributed by atoms with Gasteiger partial charge in [-0.15, -0.1) is 0 Å². The predicted molar refractivity (Wildman–Crippen MR) is 91.2 cm³/mol. The van der Waals surface area contributed by atoms with Gasteiger partial charge in [-0.1, -0.05) is 12.1 Å². The number of benzene rings is 1. The van der Waals surface area contributed by atoms with Crippen LogP contribution in [-0.4, -0.2) is 37.3 Å². The molecule has 2 atom stereocenters. The van der Waals surface area contributed by atoms with Crippen molar-refractivity contribution in [1.82, 2.24) is 10.6 Å². The second-order valence-electron chi connectivity index (χ2n) is 7.44. The summed E-state index contributed by atoms with van der Waals surface area (Å²) in [6.07, 6.45) is 3.98. The van der Waals surface area contributed by atoms with Gasteiger partial charge in [-0.3, -0.25) is 4.79 Å². The number of hydrogen-bond donors (Lipinski definition) is 2. The van der Waals surface area contributed by atoms with E-state index < -0.39 is 6.10 Å². The Labute approximate surface area is 143 Å². The fourth-order valence-electron chi connectivity index (χ4n) is 3.90. The zero-order valence-electron chi connectivity index (χ0n) is 14.5. The number of aryl methyl sites for hydroxylation is 1. The van der Waals surface area contributed by atoms with Gasteiger partial charge in [0.05, 0.1) is 19.3 Å². The van der Waals surface area contributed by atoms with E-state index in [9.17, 15) is 4.79 Å². The molecule has 24 heavy (non-hydrogen) atoms. The molecule has 1 amide bonds. The Morgan fingerprint density at radius 1 is 1.33 bits per heavy atom. The first-order valence-electron chi connectivity index (χ1n) is 8.98. The third kappa shape index (κ3) is 2.70. The van der Waals surface area contributed by atoms with E-state index in [1.54, 1.807) is 0 Å². The number of hydrogen-bond acceptors (Lipinski definition) is 4. The number of carbonyl (C=O) groups is 1. The Kier molecular flexibility index (Phi) is 4.01. The number of rotatable bonds is 2. The van der Waals surface area contributed by atoms with Crippen molar-refractivity contribution in [3.8, 4) is 5.75 Å². The standard InChI is InChI=1S/C19H26N2O3/c1-12-4-5-14-15(6-9-23-17(14)13(12)2)21-18(22)16-10-20-19(11-24-16)7-3-8-19/h4-5,15-16,20H,3,6-11H2,1-2H3,(H,21,22)/t15-,16?/m0/s1. The van der Waals surface area contributed by atoms with Gasteiger partial charge in [0.2, 0.25) is 0 Å². The number of ether oxygens (including phenoxy) is 2. The summed E-state index contributed by atoms with van der Waals surface area (Å²) in [4.78, 5) is 12.6. The highest BCUT2D eigenvalue weighted by Crippen LogP contribution is 2.37. The minimum atomic E-state index is -0.394. The van der Waals surface area contributed by atoms with Gasteiger partial charge >= 0.3 is 0 Å². The third-order valence-electron chi connectivity index (χ3n) is 5.88. The molecule has 1 unspecified atom stereocenters. The highest BCUT2D eigenvalue weighted by molar-refractivity contribution is 5.81. The zero-order valence-corrected chi connectivity index (χ0v) is 14.5. The Hall–Kier alpha value is -1.59. The first-order chi connectivity index (χ1) is 11.6. The lowest BCUT2D eigenvalue weighted by molar-refractivity contribution is -0.141. The minimum Gasteiger partial charge on any atom is -0.493 e. The molecule has 2 aliphatic heterocycles. The quantitative estimate of drug-likeness (QED) is 0.872. The van der Waals surface area contributed by atoms with Crippen LogP contribution in [0.5, 0.6) is 5.75 Å². The summed E-state index contributed by atoms with van der Waals surface area (Å²) in [7, 11) is 0. The van der Waals surface area contributed by atoms with Crippen molar-refractivity contribution in [3.63, 3.8) is 0 Å². The van der Waals surface area contributed by atoms with Crippen molar-refractivity contribution in [2.75, 3.05) is 19.8 Å². The van der Waals surface area contributed by atoms with E-state index in [1.807, 2.05) is 0 Å². The highest BCUT2D eigenvalue weighted by atomic mass is 16.5. The SMILES string of the molecule is Cc1ccc2c(c1C)OCC[C@@H]2NC(=O)C1CNC2(CCC2)CO1. The molecule has 2 N–H and O–H groups in total. The van der Waals surface area contributed by atoms with Crippen LogP contribution < -0.4 is 15.4 Å². The first kappa shape index (κ1) is 15.9. The largest absolute Gasteiger partial charge is 0.493 e. The lowest BCUT2D eigenvalue weighted by atomic mass is 9.76. The Balaban J connectivity index is 1.43. The van der Waals surface area contributed by atoms with Gasteiger partial charge in [0.25, 0.3) is 5.91 Å². The Morgan fingerprint density at radius 3 is 2.83 bits per heavy atom. The van der Waals surface area contributed by atoms with Crippen molar-refractivity contribution >= 4 is 5.91 Å². The summed E-state index contributed by atoms with van der Waals surface area (Å²) < 4.78 is 11.7. The molecule has 2 heterocycles. The van der Waals surface area contributed by atoms with Crippen LogP contribution in [0.25, 0.3) is 0 Å². The van der Waals surface area contributed by atoms with Crippen molar-refractivity contribution in [1.29, 1.82) is 0 Å². The Bertz CT molecular complexity index is 644. The topological polar surface area (TPSA) is 59.6 Å². The molecule has 1 saturated carbocycles. The van der Waals surface area contributed by atoms with E-state index in [2.05, 4.69) is 36.6 Å². The monoisotopic (exact) mass is 330 g/mol. The van der Waals surface area contributed by atoms with Gasteiger partial charge in [-0.25, -0.2) is 0 Å².